The second kappa shape index (κ2) is 7.08. The van der Waals surface area contributed by atoms with Crippen molar-refractivity contribution in [2.75, 3.05) is 13.2 Å². The van der Waals surface area contributed by atoms with Crippen molar-refractivity contribution in [2.24, 2.45) is 0 Å². The summed E-state index contributed by atoms with van der Waals surface area (Å²) < 4.78 is 5.51. The molecule has 1 unspecified atom stereocenters. The number of carbonyl (C=O) groups excluding carboxylic acids is 1. The van der Waals surface area contributed by atoms with Gasteiger partial charge in [-0.15, -0.1) is 0 Å². The fourth-order valence-corrected chi connectivity index (χ4v) is 3.31. The molecule has 0 aromatic heterocycles. The highest BCUT2D eigenvalue weighted by molar-refractivity contribution is 5.78. The van der Waals surface area contributed by atoms with Crippen LogP contribution in [0.15, 0.2) is 18.2 Å². The molecule has 21 heavy (non-hydrogen) atoms. The highest BCUT2D eigenvalue weighted by Crippen LogP contribution is 2.26. The van der Waals surface area contributed by atoms with Crippen LogP contribution in [-0.4, -0.2) is 25.0 Å². The van der Waals surface area contributed by atoms with E-state index in [1.165, 1.54) is 30.4 Å². The van der Waals surface area contributed by atoms with Gasteiger partial charge in [0.2, 0.25) is 0 Å². The van der Waals surface area contributed by atoms with Crippen LogP contribution in [0.1, 0.15) is 49.7 Å². The summed E-state index contributed by atoms with van der Waals surface area (Å²) >= 11 is 0. The van der Waals surface area contributed by atoms with Crippen LogP contribution in [0, 0.1) is 0 Å². The summed E-state index contributed by atoms with van der Waals surface area (Å²) in [6.07, 6.45) is 8.11. The minimum Gasteiger partial charge on any atom is -0.493 e. The van der Waals surface area contributed by atoms with E-state index >= 15 is 0 Å². The van der Waals surface area contributed by atoms with Gasteiger partial charge in [0, 0.05) is 25.3 Å². The Labute approximate surface area is 127 Å². The Hall–Kier alpha value is -1.35. The monoisotopic (exact) mass is 287 g/mol. The van der Waals surface area contributed by atoms with E-state index in [-0.39, 0.29) is 0 Å². The molecule has 3 nitrogen and oxygen atoms in total. The van der Waals surface area contributed by atoms with Crippen molar-refractivity contribution in [3.05, 3.63) is 29.3 Å². The molecule has 2 aliphatic heterocycles. The van der Waals surface area contributed by atoms with Crippen molar-refractivity contribution in [1.29, 1.82) is 0 Å². The van der Waals surface area contributed by atoms with Gasteiger partial charge in [-0.3, -0.25) is 4.79 Å². The van der Waals surface area contributed by atoms with Gasteiger partial charge >= 0.3 is 0 Å². The molecule has 1 saturated heterocycles. The number of hydrogen-bond acceptors (Lipinski definition) is 3. The standard InChI is InChI=1S/C18H25NO2/c20-17(8-6-16-3-1-2-11-19-16)7-4-14-5-9-18-15(13-14)10-12-21-18/h5,9,13,16,19H,1-4,6-8,10-12H2. The van der Waals surface area contributed by atoms with E-state index in [2.05, 4.69) is 17.4 Å². The Morgan fingerprint density at radius 3 is 3.10 bits per heavy atom. The van der Waals surface area contributed by atoms with Gasteiger partial charge in [0.1, 0.15) is 11.5 Å². The second-order valence-electron chi connectivity index (χ2n) is 6.26. The first-order valence-electron chi connectivity index (χ1n) is 8.31. The molecule has 1 N–H and O–H groups in total. The second-order valence-corrected chi connectivity index (χ2v) is 6.26. The average molecular weight is 287 g/mol. The third kappa shape index (κ3) is 4.07. The molecule has 0 radical (unpaired) electrons. The van der Waals surface area contributed by atoms with E-state index in [9.17, 15) is 4.79 Å². The minimum absolute atomic E-state index is 0.402. The van der Waals surface area contributed by atoms with Gasteiger partial charge in [-0.25, -0.2) is 0 Å². The lowest BCUT2D eigenvalue weighted by molar-refractivity contribution is -0.119. The molecule has 0 spiro atoms. The van der Waals surface area contributed by atoms with Crippen molar-refractivity contribution in [1.82, 2.24) is 5.32 Å². The fourth-order valence-electron chi connectivity index (χ4n) is 3.31. The number of aryl methyl sites for hydroxylation is 1. The lowest BCUT2D eigenvalue weighted by Crippen LogP contribution is -2.34. The lowest BCUT2D eigenvalue weighted by atomic mass is 9.97. The van der Waals surface area contributed by atoms with Gasteiger partial charge < -0.3 is 10.1 Å². The van der Waals surface area contributed by atoms with E-state index in [0.29, 0.717) is 18.2 Å². The Bertz CT molecular complexity index is 492. The van der Waals surface area contributed by atoms with Crippen LogP contribution in [-0.2, 0) is 17.6 Å². The summed E-state index contributed by atoms with van der Waals surface area (Å²) in [6, 6.07) is 6.92. The molecule has 1 aromatic carbocycles. The maximum absolute atomic E-state index is 12.0. The number of benzene rings is 1. The molecule has 1 fully saturated rings. The van der Waals surface area contributed by atoms with Crippen molar-refractivity contribution in [3.8, 4) is 5.75 Å². The minimum atomic E-state index is 0.402. The number of carbonyl (C=O) groups is 1. The number of rotatable bonds is 6. The van der Waals surface area contributed by atoms with Gasteiger partial charge in [-0.05, 0) is 49.4 Å². The van der Waals surface area contributed by atoms with Crippen LogP contribution < -0.4 is 10.1 Å². The van der Waals surface area contributed by atoms with Gasteiger partial charge in [-0.1, -0.05) is 18.6 Å². The summed E-state index contributed by atoms with van der Waals surface area (Å²) in [7, 11) is 0. The molecule has 3 rings (SSSR count). The first-order chi connectivity index (χ1) is 10.3. The van der Waals surface area contributed by atoms with Crippen LogP contribution in [0.4, 0.5) is 0 Å². The van der Waals surface area contributed by atoms with Crippen molar-refractivity contribution in [3.63, 3.8) is 0 Å². The van der Waals surface area contributed by atoms with Crippen LogP contribution in [0.5, 0.6) is 5.75 Å². The molecule has 0 amide bonds. The molecule has 0 aliphatic carbocycles. The first kappa shape index (κ1) is 14.6. The summed E-state index contributed by atoms with van der Waals surface area (Å²) in [5, 5.41) is 3.51. The molecule has 2 aliphatic rings. The Balaban J connectivity index is 1.41. The highest BCUT2D eigenvalue weighted by atomic mass is 16.5. The highest BCUT2D eigenvalue weighted by Gasteiger charge is 2.15. The predicted octanol–water partition coefficient (Wildman–Crippen LogP) is 3.05. The van der Waals surface area contributed by atoms with Gasteiger partial charge in [0.05, 0.1) is 6.61 Å². The fraction of sp³-hybridized carbons (Fsp3) is 0.611. The maximum Gasteiger partial charge on any atom is 0.133 e. The van der Waals surface area contributed by atoms with Crippen molar-refractivity contribution >= 4 is 5.78 Å². The molecular weight excluding hydrogens is 262 g/mol. The van der Waals surface area contributed by atoms with E-state index in [0.717, 1.165) is 44.6 Å². The zero-order chi connectivity index (χ0) is 14.5. The lowest BCUT2D eigenvalue weighted by Gasteiger charge is -2.22. The van der Waals surface area contributed by atoms with Crippen molar-refractivity contribution < 1.29 is 9.53 Å². The molecule has 0 saturated carbocycles. The van der Waals surface area contributed by atoms with E-state index in [4.69, 9.17) is 4.74 Å². The van der Waals surface area contributed by atoms with Gasteiger partial charge in [0.15, 0.2) is 0 Å². The topological polar surface area (TPSA) is 38.3 Å². The number of ether oxygens (including phenoxy) is 1. The van der Waals surface area contributed by atoms with E-state index in [1.54, 1.807) is 0 Å². The number of nitrogens with one attached hydrogen (secondary N) is 1. The van der Waals surface area contributed by atoms with Crippen LogP contribution in [0.2, 0.25) is 0 Å². The van der Waals surface area contributed by atoms with Crippen LogP contribution >= 0.6 is 0 Å². The maximum atomic E-state index is 12.0. The van der Waals surface area contributed by atoms with Gasteiger partial charge in [0.25, 0.3) is 0 Å². The third-order valence-corrected chi connectivity index (χ3v) is 4.63. The summed E-state index contributed by atoms with van der Waals surface area (Å²) in [5.41, 5.74) is 2.56. The molecule has 1 aromatic rings. The Morgan fingerprint density at radius 2 is 2.24 bits per heavy atom. The van der Waals surface area contributed by atoms with E-state index < -0.39 is 0 Å². The molecule has 0 bridgehead atoms. The summed E-state index contributed by atoms with van der Waals surface area (Å²) in [4.78, 5) is 12.0. The normalized spacial score (nSPS) is 20.9. The number of ketones is 1. The SMILES string of the molecule is O=C(CCc1ccc2c(c1)CCO2)CCC1CCCCN1. The van der Waals surface area contributed by atoms with Crippen molar-refractivity contribution in [2.45, 2.75) is 57.4 Å². The Morgan fingerprint density at radius 1 is 1.29 bits per heavy atom. The van der Waals surface area contributed by atoms with Crippen LogP contribution in [0.3, 0.4) is 0 Å². The molecular formula is C18H25NO2. The molecule has 114 valence electrons. The average Bonchev–Trinajstić information content (AvgIpc) is 2.99. The zero-order valence-electron chi connectivity index (χ0n) is 12.7. The smallest absolute Gasteiger partial charge is 0.133 e. The van der Waals surface area contributed by atoms with E-state index in [1.807, 2.05) is 6.07 Å². The zero-order valence-corrected chi connectivity index (χ0v) is 12.7. The Kier molecular flexibility index (Phi) is 4.91. The number of Topliss-reactive ketones (excluding diaryl/α,β-unsaturated/α-hetero) is 1. The molecule has 1 atom stereocenters. The van der Waals surface area contributed by atoms with Crippen LogP contribution in [0.25, 0.3) is 0 Å². The summed E-state index contributed by atoms with van der Waals surface area (Å²) in [5.74, 6) is 1.42. The first-order valence-corrected chi connectivity index (χ1v) is 8.31. The summed E-state index contributed by atoms with van der Waals surface area (Å²) in [6.45, 7) is 1.92. The molecule has 2 heterocycles. The quantitative estimate of drug-likeness (QED) is 0.874. The third-order valence-electron chi connectivity index (χ3n) is 4.63. The molecule has 3 heteroatoms. The largest absolute Gasteiger partial charge is 0.493 e. The predicted molar refractivity (Wildman–Crippen MR) is 83.8 cm³/mol. The number of hydrogen-bond donors (Lipinski definition) is 1. The van der Waals surface area contributed by atoms with Gasteiger partial charge in [-0.2, -0.15) is 0 Å². The number of piperidine rings is 1. The number of fused-ring (bicyclic) bond motifs is 1.